The lowest BCUT2D eigenvalue weighted by molar-refractivity contribution is 0.0818. The molecule has 1 aliphatic rings. The van der Waals surface area contributed by atoms with Gasteiger partial charge >= 0.3 is 0 Å². The summed E-state index contributed by atoms with van der Waals surface area (Å²) in [6.07, 6.45) is 4.46. The van der Waals surface area contributed by atoms with Crippen molar-refractivity contribution in [2.45, 2.75) is 25.4 Å². The Balaban J connectivity index is 2.16. The molecule has 1 aliphatic carbocycles. The second-order valence-corrected chi connectivity index (χ2v) is 5.97. The molecule has 0 atom stereocenters. The highest BCUT2D eigenvalue weighted by Gasteiger charge is 2.46. The predicted octanol–water partition coefficient (Wildman–Crippen LogP) is 2.94. The Labute approximate surface area is 106 Å². The molecular weight excluding hydrogens is 323 g/mol. The van der Waals surface area contributed by atoms with Crippen molar-refractivity contribution in [3.8, 4) is 0 Å². The number of rotatable bonds is 2. The van der Waals surface area contributed by atoms with E-state index in [1.54, 1.807) is 18.4 Å². The molecule has 0 N–H and O–H groups in total. The number of imidazole rings is 1. The average Bonchev–Trinajstić information content (AvgIpc) is 2.86. The van der Waals surface area contributed by atoms with Crippen LogP contribution in [0, 0.1) is 10.6 Å². The van der Waals surface area contributed by atoms with E-state index in [1.807, 2.05) is 6.92 Å². The zero-order valence-electron chi connectivity index (χ0n) is 8.58. The van der Waals surface area contributed by atoms with Gasteiger partial charge in [0.15, 0.2) is 4.96 Å². The number of nitrogens with zero attached hydrogens (tertiary/aromatic N) is 2. The van der Waals surface area contributed by atoms with Crippen LogP contribution in [0.1, 0.15) is 23.4 Å². The molecule has 0 spiro atoms. The topological polar surface area (TPSA) is 26.5 Å². The number of aromatic nitrogens is 2. The molecule has 2 aromatic rings. The minimum atomic E-state index is 0.0162. The van der Waals surface area contributed by atoms with E-state index in [4.69, 9.17) is 4.74 Å². The molecule has 1 fully saturated rings. The van der Waals surface area contributed by atoms with Crippen LogP contribution < -0.4 is 0 Å². The van der Waals surface area contributed by atoms with Crippen molar-refractivity contribution in [2.24, 2.45) is 0 Å². The zero-order chi connectivity index (χ0) is 10.6. The van der Waals surface area contributed by atoms with Crippen LogP contribution in [0.2, 0.25) is 0 Å². The maximum atomic E-state index is 5.57. The smallest absolute Gasteiger partial charge is 0.195 e. The second-order valence-electron chi connectivity index (χ2n) is 3.93. The van der Waals surface area contributed by atoms with Crippen molar-refractivity contribution in [1.82, 2.24) is 9.38 Å². The summed E-state index contributed by atoms with van der Waals surface area (Å²) in [4.78, 5) is 6.92. The van der Waals surface area contributed by atoms with E-state index in [1.165, 1.54) is 8.58 Å². The second kappa shape index (κ2) is 3.18. The summed E-state index contributed by atoms with van der Waals surface area (Å²) in [5.41, 5.74) is 1.12. The van der Waals surface area contributed by atoms with Crippen molar-refractivity contribution in [1.29, 1.82) is 0 Å². The quantitative estimate of drug-likeness (QED) is 0.790. The molecule has 2 heterocycles. The van der Waals surface area contributed by atoms with E-state index in [2.05, 4.69) is 38.2 Å². The number of hydrogen-bond acceptors (Lipinski definition) is 3. The molecule has 2 aromatic heterocycles. The van der Waals surface area contributed by atoms with Crippen LogP contribution in [0.5, 0.6) is 0 Å². The van der Waals surface area contributed by atoms with E-state index in [9.17, 15) is 0 Å². The van der Waals surface area contributed by atoms with Crippen LogP contribution in [0.4, 0.5) is 0 Å². The summed E-state index contributed by atoms with van der Waals surface area (Å²) < 4.78 is 8.94. The van der Waals surface area contributed by atoms with Gasteiger partial charge in [-0.2, -0.15) is 0 Å². The monoisotopic (exact) mass is 334 g/mol. The van der Waals surface area contributed by atoms with Crippen LogP contribution in [-0.2, 0) is 10.3 Å². The molecule has 0 unspecified atom stereocenters. The lowest BCUT2D eigenvalue weighted by Gasteiger charge is -2.08. The summed E-state index contributed by atoms with van der Waals surface area (Å²) in [5, 5.41) is 0. The van der Waals surface area contributed by atoms with Crippen molar-refractivity contribution >= 4 is 38.9 Å². The molecule has 0 bridgehead atoms. The SMILES string of the molecule is COC1(c2cn3c(I)c(C)nc3s2)CC1. The Bertz CT molecular complexity index is 527. The van der Waals surface area contributed by atoms with Crippen molar-refractivity contribution in [3.05, 3.63) is 20.5 Å². The Morgan fingerprint density at radius 1 is 1.60 bits per heavy atom. The summed E-state index contributed by atoms with van der Waals surface area (Å²) in [7, 11) is 1.80. The van der Waals surface area contributed by atoms with Gasteiger partial charge in [-0.05, 0) is 42.4 Å². The highest BCUT2D eigenvalue weighted by atomic mass is 127. The number of methoxy groups -OCH3 is 1. The lowest BCUT2D eigenvalue weighted by atomic mass is 10.3. The molecule has 5 heteroatoms. The fraction of sp³-hybridized carbons (Fsp3) is 0.500. The normalized spacial score (nSPS) is 18.6. The van der Waals surface area contributed by atoms with Gasteiger partial charge in [-0.25, -0.2) is 4.98 Å². The molecule has 15 heavy (non-hydrogen) atoms. The van der Waals surface area contributed by atoms with E-state index in [-0.39, 0.29) is 5.60 Å². The maximum absolute atomic E-state index is 5.57. The van der Waals surface area contributed by atoms with Gasteiger partial charge in [0.2, 0.25) is 0 Å². The van der Waals surface area contributed by atoms with Crippen molar-refractivity contribution in [2.75, 3.05) is 7.11 Å². The molecule has 0 aromatic carbocycles. The van der Waals surface area contributed by atoms with Crippen LogP contribution in [0.15, 0.2) is 6.20 Å². The molecule has 80 valence electrons. The van der Waals surface area contributed by atoms with Gasteiger partial charge in [0.1, 0.15) is 9.30 Å². The van der Waals surface area contributed by atoms with Crippen LogP contribution in [0.25, 0.3) is 4.96 Å². The fourth-order valence-electron chi connectivity index (χ4n) is 1.80. The summed E-state index contributed by atoms with van der Waals surface area (Å²) in [5.74, 6) is 0. The zero-order valence-corrected chi connectivity index (χ0v) is 11.6. The Hall–Kier alpha value is -0.140. The first kappa shape index (κ1) is 10.0. The number of halogens is 1. The first-order valence-electron chi connectivity index (χ1n) is 4.86. The van der Waals surface area contributed by atoms with Gasteiger partial charge in [0.25, 0.3) is 0 Å². The standard InChI is InChI=1S/C10H11IN2OS/c1-6-8(11)13-5-7(15-9(13)12-6)10(14-2)3-4-10/h5H,3-4H2,1-2H3. The van der Waals surface area contributed by atoms with Crippen LogP contribution in [-0.4, -0.2) is 16.5 Å². The molecule has 0 aliphatic heterocycles. The van der Waals surface area contributed by atoms with Gasteiger partial charge in [-0.3, -0.25) is 4.40 Å². The van der Waals surface area contributed by atoms with E-state index in [0.29, 0.717) is 0 Å². The molecule has 1 saturated carbocycles. The number of hydrogen-bond donors (Lipinski definition) is 0. The van der Waals surface area contributed by atoms with Crippen molar-refractivity contribution < 1.29 is 4.74 Å². The third-order valence-corrected chi connectivity index (χ3v) is 5.44. The number of ether oxygens (including phenoxy) is 1. The minimum Gasteiger partial charge on any atom is -0.373 e. The van der Waals surface area contributed by atoms with E-state index in [0.717, 1.165) is 23.5 Å². The van der Waals surface area contributed by atoms with Gasteiger partial charge in [0.05, 0.1) is 10.6 Å². The molecule has 0 radical (unpaired) electrons. The number of fused-ring (bicyclic) bond motifs is 1. The Morgan fingerprint density at radius 3 is 2.87 bits per heavy atom. The number of thiazole rings is 1. The van der Waals surface area contributed by atoms with Crippen molar-refractivity contribution in [3.63, 3.8) is 0 Å². The Morgan fingerprint density at radius 2 is 2.33 bits per heavy atom. The summed E-state index contributed by atoms with van der Waals surface area (Å²) in [6, 6.07) is 0. The highest BCUT2D eigenvalue weighted by Crippen LogP contribution is 2.51. The largest absolute Gasteiger partial charge is 0.373 e. The molecule has 0 saturated heterocycles. The van der Waals surface area contributed by atoms with Crippen LogP contribution >= 0.6 is 33.9 Å². The molecule has 3 rings (SSSR count). The number of aryl methyl sites for hydroxylation is 1. The first-order chi connectivity index (χ1) is 7.16. The molecular formula is C10H11IN2OS. The van der Waals surface area contributed by atoms with Crippen LogP contribution in [0.3, 0.4) is 0 Å². The summed E-state index contributed by atoms with van der Waals surface area (Å²) >= 11 is 4.09. The fourth-order valence-corrected chi connectivity index (χ4v) is 3.71. The van der Waals surface area contributed by atoms with Gasteiger partial charge in [-0.1, -0.05) is 11.3 Å². The lowest BCUT2D eigenvalue weighted by Crippen LogP contribution is -2.06. The van der Waals surface area contributed by atoms with Gasteiger partial charge in [-0.15, -0.1) is 0 Å². The highest BCUT2D eigenvalue weighted by molar-refractivity contribution is 14.1. The summed E-state index contributed by atoms with van der Waals surface area (Å²) in [6.45, 7) is 2.05. The molecule has 0 amide bonds. The van der Waals surface area contributed by atoms with Gasteiger partial charge in [0, 0.05) is 13.3 Å². The maximum Gasteiger partial charge on any atom is 0.195 e. The predicted molar refractivity (Wildman–Crippen MR) is 68.4 cm³/mol. The third kappa shape index (κ3) is 1.36. The van der Waals surface area contributed by atoms with E-state index >= 15 is 0 Å². The van der Waals surface area contributed by atoms with Gasteiger partial charge < -0.3 is 4.74 Å². The molecule has 3 nitrogen and oxygen atoms in total. The first-order valence-corrected chi connectivity index (χ1v) is 6.75. The average molecular weight is 334 g/mol. The minimum absolute atomic E-state index is 0.0162. The Kier molecular flexibility index (Phi) is 2.13. The third-order valence-electron chi connectivity index (χ3n) is 2.97. The van der Waals surface area contributed by atoms with E-state index < -0.39 is 0 Å².